The van der Waals surface area contributed by atoms with E-state index in [0.29, 0.717) is 0 Å². The maximum absolute atomic E-state index is 12.8. The average molecular weight is 313 g/mol. The van der Waals surface area contributed by atoms with E-state index in [1.54, 1.807) is 25.1 Å². The first-order chi connectivity index (χ1) is 9.86. The van der Waals surface area contributed by atoms with Gasteiger partial charge in [-0.15, -0.1) is 0 Å². The molecule has 0 aliphatic heterocycles. The Bertz CT molecular complexity index is 637. The van der Waals surface area contributed by atoms with Crippen LogP contribution >= 0.6 is 0 Å². The molecule has 1 fully saturated rings. The first-order valence-electron chi connectivity index (χ1n) is 6.74. The van der Waals surface area contributed by atoms with Gasteiger partial charge in [-0.25, -0.2) is 8.42 Å². The highest BCUT2D eigenvalue weighted by molar-refractivity contribution is 7.89. The van der Waals surface area contributed by atoms with Crippen molar-refractivity contribution in [3.63, 3.8) is 0 Å². The van der Waals surface area contributed by atoms with Crippen LogP contribution < -0.4 is 4.74 Å². The Hall–Kier alpha value is -1.60. The monoisotopic (exact) mass is 313 g/mol. The highest BCUT2D eigenvalue weighted by Crippen LogP contribution is 2.35. The van der Waals surface area contributed by atoms with Crippen molar-refractivity contribution < 1.29 is 23.1 Å². The molecule has 1 aliphatic rings. The molecule has 0 saturated heterocycles. The number of rotatable bonds is 7. The summed E-state index contributed by atoms with van der Waals surface area (Å²) < 4.78 is 32.1. The number of hydrogen-bond donors (Lipinski definition) is 1. The summed E-state index contributed by atoms with van der Waals surface area (Å²) in [6, 6.07) is 4.85. The normalized spacial score (nSPS) is 15.2. The fourth-order valence-electron chi connectivity index (χ4n) is 2.18. The number of benzene rings is 1. The lowest BCUT2D eigenvalue weighted by Crippen LogP contribution is -2.35. The molecule has 0 spiro atoms. The second-order valence-electron chi connectivity index (χ2n) is 5.14. The number of nitrogens with zero attached hydrogens (tertiary/aromatic N) is 1. The predicted octanol–water partition coefficient (Wildman–Crippen LogP) is 1.63. The fourth-order valence-corrected chi connectivity index (χ4v) is 4.11. The van der Waals surface area contributed by atoms with Crippen molar-refractivity contribution in [1.82, 2.24) is 4.31 Å². The van der Waals surface area contributed by atoms with Crippen molar-refractivity contribution in [2.24, 2.45) is 0 Å². The zero-order valence-electron chi connectivity index (χ0n) is 12.1. The van der Waals surface area contributed by atoms with Crippen LogP contribution in [0.3, 0.4) is 0 Å². The minimum atomic E-state index is -3.75. The largest absolute Gasteiger partial charge is 0.495 e. The molecule has 1 aromatic carbocycles. The van der Waals surface area contributed by atoms with E-state index in [2.05, 4.69) is 0 Å². The number of carboxylic acids is 1. The molecule has 1 N–H and O–H groups in total. The van der Waals surface area contributed by atoms with Crippen LogP contribution in [0, 0.1) is 6.92 Å². The van der Waals surface area contributed by atoms with Crippen LogP contribution in [0.1, 0.15) is 24.8 Å². The van der Waals surface area contributed by atoms with Gasteiger partial charge in [0.1, 0.15) is 10.6 Å². The van der Waals surface area contributed by atoms with Crippen molar-refractivity contribution in [1.29, 1.82) is 0 Å². The lowest BCUT2D eigenvalue weighted by Gasteiger charge is -2.22. The smallest absolute Gasteiger partial charge is 0.304 e. The van der Waals surface area contributed by atoms with Crippen molar-refractivity contribution >= 4 is 16.0 Å². The van der Waals surface area contributed by atoms with Crippen molar-refractivity contribution in [3.05, 3.63) is 23.8 Å². The van der Waals surface area contributed by atoms with E-state index in [0.717, 1.165) is 18.4 Å². The SMILES string of the molecule is COc1ccc(C)cc1S(=O)(=O)N(CCC(=O)O)C1CC1. The number of sulfonamides is 1. The van der Waals surface area contributed by atoms with Crippen LogP contribution in [0.25, 0.3) is 0 Å². The van der Waals surface area contributed by atoms with Gasteiger partial charge >= 0.3 is 5.97 Å². The number of methoxy groups -OCH3 is 1. The van der Waals surface area contributed by atoms with Gasteiger partial charge in [-0.2, -0.15) is 4.31 Å². The van der Waals surface area contributed by atoms with Gasteiger partial charge in [0.15, 0.2) is 0 Å². The molecule has 6 nitrogen and oxygen atoms in total. The minimum Gasteiger partial charge on any atom is -0.495 e. The van der Waals surface area contributed by atoms with Gasteiger partial charge in [-0.3, -0.25) is 4.79 Å². The molecule has 0 aromatic heterocycles. The molecule has 21 heavy (non-hydrogen) atoms. The predicted molar refractivity (Wildman–Crippen MR) is 76.9 cm³/mol. The average Bonchev–Trinajstić information content (AvgIpc) is 3.23. The van der Waals surface area contributed by atoms with E-state index < -0.39 is 16.0 Å². The Labute approximate surface area is 124 Å². The van der Waals surface area contributed by atoms with Crippen LogP contribution in [0.4, 0.5) is 0 Å². The van der Waals surface area contributed by atoms with E-state index in [1.807, 2.05) is 0 Å². The Morgan fingerprint density at radius 2 is 2.10 bits per heavy atom. The molecule has 0 unspecified atom stereocenters. The number of aryl methyl sites for hydroxylation is 1. The Kier molecular flexibility index (Phi) is 4.53. The molecule has 0 heterocycles. The number of carboxylic acid groups (broad SMARTS) is 1. The lowest BCUT2D eigenvalue weighted by atomic mass is 10.2. The molecule has 116 valence electrons. The third-order valence-corrected chi connectivity index (χ3v) is 5.38. The molecule has 2 rings (SSSR count). The second kappa shape index (κ2) is 6.03. The summed E-state index contributed by atoms with van der Waals surface area (Å²) in [6.45, 7) is 1.79. The van der Waals surface area contributed by atoms with Crippen LogP contribution in [-0.2, 0) is 14.8 Å². The zero-order valence-corrected chi connectivity index (χ0v) is 12.9. The van der Waals surface area contributed by atoms with Gasteiger partial charge in [0, 0.05) is 12.6 Å². The topological polar surface area (TPSA) is 83.9 Å². The summed E-state index contributed by atoms with van der Waals surface area (Å²) in [5.74, 6) is -0.728. The van der Waals surface area contributed by atoms with Gasteiger partial charge in [0.2, 0.25) is 10.0 Å². The van der Waals surface area contributed by atoms with Gasteiger partial charge in [0.25, 0.3) is 0 Å². The van der Waals surface area contributed by atoms with E-state index >= 15 is 0 Å². The summed E-state index contributed by atoms with van der Waals surface area (Å²) in [5.41, 5.74) is 0.809. The molecule has 0 atom stereocenters. The van der Waals surface area contributed by atoms with Crippen LogP contribution in [-0.4, -0.2) is 43.5 Å². The van der Waals surface area contributed by atoms with E-state index in [-0.39, 0.29) is 29.7 Å². The first kappa shape index (κ1) is 15.8. The molecule has 0 amide bonds. The highest BCUT2D eigenvalue weighted by Gasteiger charge is 2.39. The quantitative estimate of drug-likeness (QED) is 0.827. The van der Waals surface area contributed by atoms with Crippen molar-refractivity contribution in [2.45, 2.75) is 37.1 Å². The van der Waals surface area contributed by atoms with Gasteiger partial charge < -0.3 is 9.84 Å². The fraction of sp³-hybridized carbons (Fsp3) is 0.500. The van der Waals surface area contributed by atoms with E-state index in [1.165, 1.54) is 11.4 Å². The molecule has 0 radical (unpaired) electrons. The molecular formula is C14H19NO5S. The molecule has 7 heteroatoms. The van der Waals surface area contributed by atoms with Crippen LogP contribution in [0.5, 0.6) is 5.75 Å². The summed E-state index contributed by atoms with van der Waals surface area (Å²) in [5, 5.41) is 8.80. The zero-order chi connectivity index (χ0) is 15.6. The molecule has 1 aliphatic carbocycles. The van der Waals surface area contributed by atoms with E-state index in [4.69, 9.17) is 9.84 Å². The summed E-state index contributed by atoms with van der Waals surface area (Å²) in [7, 11) is -2.33. The first-order valence-corrected chi connectivity index (χ1v) is 8.18. The van der Waals surface area contributed by atoms with Crippen LogP contribution in [0.2, 0.25) is 0 Å². The lowest BCUT2D eigenvalue weighted by molar-refractivity contribution is -0.137. The molecule has 0 bridgehead atoms. The third-order valence-electron chi connectivity index (χ3n) is 3.41. The Morgan fingerprint density at radius 1 is 1.43 bits per heavy atom. The Balaban J connectivity index is 2.38. The number of carbonyl (C=O) groups is 1. The van der Waals surface area contributed by atoms with Crippen molar-refractivity contribution in [3.8, 4) is 5.75 Å². The second-order valence-corrected chi connectivity index (χ2v) is 7.00. The number of aliphatic carboxylic acids is 1. The van der Waals surface area contributed by atoms with Crippen LogP contribution in [0.15, 0.2) is 23.1 Å². The Morgan fingerprint density at radius 3 is 2.62 bits per heavy atom. The summed E-state index contributed by atoms with van der Waals surface area (Å²) in [6.07, 6.45) is 1.34. The van der Waals surface area contributed by atoms with Gasteiger partial charge in [0.05, 0.1) is 13.5 Å². The number of hydrogen-bond acceptors (Lipinski definition) is 4. The van der Waals surface area contributed by atoms with E-state index in [9.17, 15) is 13.2 Å². The summed E-state index contributed by atoms with van der Waals surface area (Å²) in [4.78, 5) is 10.8. The highest BCUT2D eigenvalue weighted by atomic mass is 32.2. The maximum atomic E-state index is 12.8. The molecule has 1 saturated carbocycles. The third kappa shape index (κ3) is 3.54. The minimum absolute atomic E-state index is 0.0145. The standard InChI is InChI=1S/C14H19NO5S/c1-10-3-6-12(20-2)13(9-10)21(18,19)15(11-4-5-11)8-7-14(16)17/h3,6,9,11H,4-5,7-8H2,1-2H3,(H,16,17). The number of ether oxygens (including phenoxy) is 1. The van der Waals surface area contributed by atoms with Gasteiger partial charge in [-0.1, -0.05) is 6.07 Å². The molecular weight excluding hydrogens is 294 g/mol. The maximum Gasteiger partial charge on any atom is 0.304 e. The van der Waals surface area contributed by atoms with Crippen molar-refractivity contribution in [2.75, 3.05) is 13.7 Å². The van der Waals surface area contributed by atoms with Gasteiger partial charge in [-0.05, 0) is 37.5 Å². The molecule has 1 aromatic rings. The summed E-state index contributed by atoms with van der Waals surface area (Å²) >= 11 is 0.